The van der Waals surface area contributed by atoms with Crippen LogP contribution < -0.4 is 9.47 Å². The van der Waals surface area contributed by atoms with Crippen LogP contribution in [-0.4, -0.2) is 36.2 Å². The lowest BCUT2D eigenvalue weighted by atomic mass is 10.1. The van der Waals surface area contributed by atoms with E-state index in [2.05, 4.69) is 11.7 Å². The fourth-order valence-electron chi connectivity index (χ4n) is 2.92. The quantitative estimate of drug-likeness (QED) is 0.123. The molecule has 172 valence electrons. The van der Waals surface area contributed by atoms with Crippen molar-refractivity contribution in [1.29, 1.82) is 0 Å². The Hall–Kier alpha value is -2.96. The van der Waals surface area contributed by atoms with Gasteiger partial charge in [-0.05, 0) is 75.7 Å². The number of unbranched alkanes of at least 4 members (excludes halogenated alkanes) is 3. The van der Waals surface area contributed by atoms with Crippen molar-refractivity contribution in [3.8, 4) is 11.5 Å². The molecule has 0 aliphatic rings. The highest BCUT2D eigenvalue weighted by atomic mass is 32.2. The minimum absolute atomic E-state index is 0.0645. The lowest BCUT2D eigenvalue weighted by Gasteiger charge is -2.21. The van der Waals surface area contributed by atoms with Crippen LogP contribution >= 0.6 is 0 Å². The number of hydrogen-bond acceptors (Lipinski definition) is 5. The Kier molecular flexibility index (Phi) is 8.75. The third kappa shape index (κ3) is 7.04. The first-order valence-corrected chi connectivity index (χ1v) is 12.1. The molecule has 0 unspecified atom stereocenters. The van der Waals surface area contributed by atoms with E-state index in [4.69, 9.17) is 9.47 Å². The summed E-state index contributed by atoms with van der Waals surface area (Å²) in [6.45, 7) is 8.34. The Bertz CT molecular complexity index is 1060. The molecule has 0 bridgehead atoms. The highest BCUT2D eigenvalue weighted by Gasteiger charge is 2.38. The molecule has 8 heteroatoms. The molecule has 0 amide bonds. The topological polar surface area (TPSA) is 106 Å². The van der Waals surface area contributed by atoms with Gasteiger partial charge in [0.25, 0.3) is 15.6 Å². The van der Waals surface area contributed by atoms with E-state index < -0.39 is 26.3 Å². The summed E-state index contributed by atoms with van der Waals surface area (Å²) in [4.78, 5) is 15.4. The number of hydrogen-bond donors (Lipinski definition) is 0. The summed E-state index contributed by atoms with van der Waals surface area (Å²) in [5.74, 6) is 0.152. The van der Waals surface area contributed by atoms with Crippen LogP contribution in [0.1, 0.15) is 63.7 Å². The summed E-state index contributed by atoms with van der Waals surface area (Å²) < 4.78 is 37.1. The monoisotopic (exact) mass is 458 g/mol. The van der Waals surface area contributed by atoms with Crippen molar-refractivity contribution in [3.05, 3.63) is 59.6 Å². The highest BCUT2D eigenvalue weighted by Crippen LogP contribution is 2.22. The molecule has 0 aromatic heterocycles. The van der Waals surface area contributed by atoms with Crippen LogP contribution in [0, 0.1) is 0 Å². The van der Waals surface area contributed by atoms with Crippen LogP contribution in [0.15, 0.2) is 53.4 Å². The number of Topliss-reactive ketones (excluding diaryl/α,β-unsaturated/α-hetero) is 1. The van der Waals surface area contributed by atoms with Crippen molar-refractivity contribution >= 4 is 20.7 Å². The van der Waals surface area contributed by atoms with E-state index in [1.807, 2.05) is 20.8 Å². The lowest BCUT2D eigenvalue weighted by molar-refractivity contribution is -0.00158. The van der Waals surface area contributed by atoms with Crippen molar-refractivity contribution in [1.82, 2.24) is 0 Å². The molecule has 0 N–H and O–H groups in total. The second kappa shape index (κ2) is 11.1. The maximum atomic E-state index is 12.9. The SMILES string of the molecule is CCCCCCOc1ccc(S(=O)(=O)C(=[N+]=[N-])C(=O)c2ccc(OC(C)(C)C)cc2)cc1. The summed E-state index contributed by atoms with van der Waals surface area (Å²) in [6.07, 6.45) is 4.27. The van der Waals surface area contributed by atoms with Crippen molar-refractivity contribution < 1.29 is 27.5 Å². The predicted molar refractivity (Wildman–Crippen MR) is 123 cm³/mol. The van der Waals surface area contributed by atoms with Gasteiger partial charge in [-0.15, -0.1) is 4.79 Å². The third-order valence-corrected chi connectivity index (χ3v) is 6.15. The van der Waals surface area contributed by atoms with Gasteiger partial charge in [-0.3, -0.25) is 4.79 Å². The molecule has 0 aliphatic heterocycles. The van der Waals surface area contributed by atoms with E-state index in [1.54, 1.807) is 12.1 Å². The number of carbonyl (C=O) groups excluding carboxylic acids is 1. The average molecular weight is 459 g/mol. The van der Waals surface area contributed by atoms with E-state index in [0.717, 1.165) is 25.7 Å². The minimum atomic E-state index is -4.32. The zero-order chi connectivity index (χ0) is 23.8. The van der Waals surface area contributed by atoms with E-state index in [-0.39, 0.29) is 10.5 Å². The summed E-state index contributed by atoms with van der Waals surface area (Å²) >= 11 is 0. The van der Waals surface area contributed by atoms with Gasteiger partial charge >= 0.3 is 5.04 Å². The Morgan fingerprint density at radius 2 is 1.53 bits per heavy atom. The second-order valence-electron chi connectivity index (χ2n) is 8.36. The maximum absolute atomic E-state index is 12.9. The van der Waals surface area contributed by atoms with Gasteiger partial charge in [0, 0.05) is 5.56 Å². The summed E-state index contributed by atoms with van der Waals surface area (Å²) in [5, 5.41) is -0.949. The van der Waals surface area contributed by atoms with Gasteiger partial charge in [0.1, 0.15) is 17.1 Å². The molecule has 0 spiro atoms. The molecule has 2 aromatic rings. The molecule has 7 nitrogen and oxygen atoms in total. The zero-order valence-electron chi connectivity index (χ0n) is 19.0. The van der Waals surface area contributed by atoms with Crippen molar-refractivity contribution in [2.24, 2.45) is 0 Å². The van der Waals surface area contributed by atoms with Gasteiger partial charge in [0.15, 0.2) is 0 Å². The van der Waals surface area contributed by atoms with Gasteiger partial charge in [0.2, 0.25) is 0 Å². The number of carbonyl (C=O) groups is 1. The van der Waals surface area contributed by atoms with E-state index >= 15 is 0 Å². The molecule has 0 aliphatic carbocycles. The first kappa shape index (κ1) is 25.3. The zero-order valence-corrected chi connectivity index (χ0v) is 19.8. The largest absolute Gasteiger partial charge is 0.494 e. The van der Waals surface area contributed by atoms with Crippen molar-refractivity contribution in [3.63, 3.8) is 0 Å². The normalized spacial score (nSPS) is 11.5. The summed E-state index contributed by atoms with van der Waals surface area (Å²) in [6, 6.07) is 11.7. The smallest absolute Gasteiger partial charge is 0.456 e. The molecular formula is C24H30N2O5S. The Balaban J connectivity index is 2.14. The first-order chi connectivity index (χ1) is 15.1. The molecule has 0 radical (unpaired) electrons. The summed E-state index contributed by atoms with van der Waals surface area (Å²) in [7, 11) is -4.32. The molecule has 32 heavy (non-hydrogen) atoms. The van der Waals surface area contributed by atoms with E-state index in [9.17, 15) is 18.7 Å². The Morgan fingerprint density at radius 1 is 0.938 bits per heavy atom. The number of ether oxygens (including phenoxy) is 2. The standard InChI is InChI=1S/C24H30N2O5S/c1-5-6-7-8-17-30-19-13-15-21(16-14-19)32(28,29)23(26-25)22(27)18-9-11-20(12-10-18)31-24(2,3)4/h9-16H,5-8,17H2,1-4H3. The second-order valence-corrected chi connectivity index (χ2v) is 10.2. The van der Waals surface area contributed by atoms with Crippen LogP contribution in [0.2, 0.25) is 0 Å². The van der Waals surface area contributed by atoms with Crippen LogP contribution in [-0.2, 0) is 9.84 Å². The lowest BCUT2D eigenvalue weighted by Crippen LogP contribution is -2.26. The summed E-state index contributed by atoms with van der Waals surface area (Å²) in [5.41, 5.74) is 8.99. The van der Waals surface area contributed by atoms with E-state index in [0.29, 0.717) is 18.1 Å². The molecule has 2 rings (SSSR count). The van der Waals surface area contributed by atoms with Crippen molar-refractivity contribution in [2.75, 3.05) is 6.61 Å². The van der Waals surface area contributed by atoms with Crippen LogP contribution in [0.3, 0.4) is 0 Å². The molecule has 0 fully saturated rings. The van der Waals surface area contributed by atoms with Crippen LogP contribution in [0.4, 0.5) is 0 Å². The number of rotatable bonds is 10. The number of benzene rings is 2. The first-order valence-electron chi connectivity index (χ1n) is 10.6. The molecule has 2 aromatic carbocycles. The Morgan fingerprint density at radius 3 is 2.06 bits per heavy atom. The van der Waals surface area contributed by atoms with Crippen molar-refractivity contribution in [2.45, 2.75) is 63.9 Å². The fraction of sp³-hybridized carbons (Fsp3) is 0.417. The van der Waals surface area contributed by atoms with Crippen LogP contribution in [0.5, 0.6) is 11.5 Å². The molecular weight excluding hydrogens is 428 g/mol. The van der Waals surface area contributed by atoms with E-state index in [1.165, 1.54) is 36.4 Å². The highest BCUT2D eigenvalue weighted by molar-refractivity contribution is 8.08. The molecule has 0 saturated heterocycles. The molecule has 0 heterocycles. The van der Waals surface area contributed by atoms with Gasteiger partial charge < -0.3 is 15.0 Å². The Labute approximate surface area is 189 Å². The van der Waals surface area contributed by atoms with Gasteiger partial charge in [-0.1, -0.05) is 26.2 Å². The van der Waals surface area contributed by atoms with Gasteiger partial charge in [-0.2, -0.15) is 0 Å². The third-order valence-electron chi connectivity index (χ3n) is 4.48. The number of ketones is 1. The number of sulfone groups is 1. The predicted octanol–water partition coefficient (Wildman–Crippen LogP) is 5.11. The van der Waals surface area contributed by atoms with Crippen LogP contribution in [0.25, 0.3) is 5.53 Å². The fourth-order valence-corrected chi connectivity index (χ4v) is 4.11. The minimum Gasteiger partial charge on any atom is -0.494 e. The van der Waals surface area contributed by atoms with Gasteiger partial charge in [-0.25, -0.2) is 8.42 Å². The van der Waals surface area contributed by atoms with Gasteiger partial charge in [0.05, 0.1) is 11.5 Å². The molecule has 0 saturated carbocycles. The molecule has 0 atom stereocenters. The maximum Gasteiger partial charge on any atom is 0.456 e. The number of nitrogens with zero attached hydrogens (tertiary/aromatic N) is 2. The average Bonchev–Trinajstić information content (AvgIpc) is 2.73.